The monoisotopic (exact) mass is 400 g/mol. The standard InChI is InChI=1S/2C7H16N2.4ClH/c2*1-6-4-8-5-7(2)9(6)3;;;;/h2*6-8H,4-5H2,1-3H3;4*1H/t2*6-,7+;;;;. The molecule has 2 heterocycles. The van der Waals surface area contributed by atoms with Crippen molar-refractivity contribution in [2.24, 2.45) is 0 Å². The maximum Gasteiger partial charge on any atom is 0.0192 e. The van der Waals surface area contributed by atoms with E-state index < -0.39 is 0 Å². The second-order valence-electron chi connectivity index (χ2n) is 6.04. The summed E-state index contributed by atoms with van der Waals surface area (Å²) in [4.78, 5) is 4.83. The summed E-state index contributed by atoms with van der Waals surface area (Å²) in [7, 11) is 4.38. The highest BCUT2D eigenvalue weighted by atomic mass is 35.5. The Hall–Kier alpha value is 1.00. The maximum absolute atomic E-state index is 3.37. The van der Waals surface area contributed by atoms with Crippen LogP contribution in [0.2, 0.25) is 0 Å². The predicted molar refractivity (Wildman–Crippen MR) is 108 cm³/mol. The fraction of sp³-hybridized carbons (Fsp3) is 1.00. The maximum atomic E-state index is 3.37. The highest BCUT2D eigenvalue weighted by molar-refractivity contribution is 5.86. The summed E-state index contributed by atoms with van der Waals surface area (Å²) in [5.74, 6) is 0. The first-order valence-corrected chi connectivity index (χ1v) is 7.28. The first-order valence-electron chi connectivity index (χ1n) is 7.28. The van der Waals surface area contributed by atoms with Crippen molar-refractivity contribution < 1.29 is 0 Å². The number of nitrogens with one attached hydrogen (secondary N) is 2. The van der Waals surface area contributed by atoms with Gasteiger partial charge in [-0.05, 0) is 41.8 Å². The van der Waals surface area contributed by atoms with Crippen molar-refractivity contribution in [1.29, 1.82) is 0 Å². The van der Waals surface area contributed by atoms with E-state index in [9.17, 15) is 0 Å². The molecule has 2 aliphatic heterocycles. The second-order valence-corrected chi connectivity index (χ2v) is 6.04. The summed E-state index contributed by atoms with van der Waals surface area (Å²) in [6.45, 7) is 13.6. The van der Waals surface area contributed by atoms with Gasteiger partial charge in [0.1, 0.15) is 0 Å². The largest absolute Gasteiger partial charge is 0.314 e. The van der Waals surface area contributed by atoms with Crippen LogP contribution in [0.5, 0.6) is 0 Å². The molecule has 0 aromatic heterocycles. The molecule has 0 aromatic rings. The van der Waals surface area contributed by atoms with Gasteiger partial charge in [-0.1, -0.05) is 0 Å². The molecule has 4 nitrogen and oxygen atoms in total. The van der Waals surface area contributed by atoms with Crippen molar-refractivity contribution in [3.05, 3.63) is 0 Å². The average molecular weight is 402 g/mol. The van der Waals surface area contributed by atoms with E-state index in [1.807, 2.05) is 0 Å². The van der Waals surface area contributed by atoms with Crippen LogP contribution in [0.1, 0.15) is 27.7 Å². The van der Waals surface area contributed by atoms with Crippen LogP contribution >= 0.6 is 49.6 Å². The lowest BCUT2D eigenvalue weighted by Crippen LogP contribution is -2.52. The van der Waals surface area contributed by atoms with Gasteiger partial charge >= 0.3 is 0 Å². The Kier molecular flexibility index (Phi) is 21.8. The molecule has 140 valence electrons. The number of rotatable bonds is 0. The van der Waals surface area contributed by atoms with Crippen LogP contribution in [-0.4, -0.2) is 74.2 Å². The Morgan fingerprint density at radius 2 is 0.727 bits per heavy atom. The van der Waals surface area contributed by atoms with Gasteiger partial charge in [0, 0.05) is 50.3 Å². The number of piperazine rings is 2. The molecule has 0 spiro atoms. The molecule has 2 fully saturated rings. The minimum atomic E-state index is 0. The van der Waals surface area contributed by atoms with Crippen LogP contribution in [0.3, 0.4) is 0 Å². The smallest absolute Gasteiger partial charge is 0.0192 e. The Morgan fingerprint density at radius 3 is 0.864 bits per heavy atom. The summed E-state index contributed by atoms with van der Waals surface area (Å²) >= 11 is 0. The molecule has 4 atom stereocenters. The van der Waals surface area contributed by atoms with Crippen molar-refractivity contribution in [3.8, 4) is 0 Å². The Bertz CT molecular complexity index is 205. The van der Waals surface area contributed by atoms with Gasteiger partial charge in [-0.15, -0.1) is 49.6 Å². The van der Waals surface area contributed by atoms with E-state index in [1.54, 1.807) is 0 Å². The van der Waals surface area contributed by atoms with Gasteiger partial charge in [-0.25, -0.2) is 0 Å². The molecule has 0 saturated carbocycles. The van der Waals surface area contributed by atoms with E-state index in [2.05, 4.69) is 62.2 Å². The lowest BCUT2D eigenvalue weighted by Gasteiger charge is -2.36. The second kappa shape index (κ2) is 15.5. The quantitative estimate of drug-likeness (QED) is 0.651. The molecule has 2 aliphatic rings. The highest BCUT2D eigenvalue weighted by Crippen LogP contribution is 2.05. The van der Waals surface area contributed by atoms with Crippen molar-refractivity contribution in [3.63, 3.8) is 0 Å². The zero-order valence-corrected chi connectivity index (χ0v) is 17.9. The molecule has 2 saturated heterocycles. The van der Waals surface area contributed by atoms with Crippen molar-refractivity contribution in [1.82, 2.24) is 20.4 Å². The molecule has 0 aromatic carbocycles. The molecule has 2 N–H and O–H groups in total. The molecular formula is C14H36Cl4N4. The topological polar surface area (TPSA) is 30.5 Å². The minimum Gasteiger partial charge on any atom is -0.314 e. The van der Waals surface area contributed by atoms with Crippen LogP contribution in [0.25, 0.3) is 0 Å². The first-order chi connectivity index (χ1) is 8.43. The SMILES string of the molecule is C[C@@H]1CNC[C@H](C)N1C.C[C@@H]1CNC[C@H](C)N1C.Cl.Cl.Cl.Cl. The molecule has 0 bridgehead atoms. The van der Waals surface area contributed by atoms with Crippen LogP contribution in [0, 0.1) is 0 Å². The van der Waals surface area contributed by atoms with E-state index in [-0.39, 0.29) is 49.6 Å². The Balaban J connectivity index is -0.000000125. The Labute approximate surface area is 162 Å². The van der Waals surface area contributed by atoms with E-state index in [0.29, 0.717) is 24.2 Å². The molecule has 0 unspecified atom stereocenters. The van der Waals surface area contributed by atoms with Gasteiger partial charge in [0.15, 0.2) is 0 Å². The number of halogens is 4. The van der Waals surface area contributed by atoms with Crippen LogP contribution in [0.15, 0.2) is 0 Å². The van der Waals surface area contributed by atoms with Gasteiger partial charge < -0.3 is 10.6 Å². The predicted octanol–water partition coefficient (Wildman–Crippen LogP) is 2.28. The summed E-state index contributed by atoms with van der Waals surface area (Å²) in [6, 6.07) is 2.81. The van der Waals surface area contributed by atoms with Gasteiger partial charge in [0.25, 0.3) is 0 Å². The summed E-state index contributed by atoms with van der Waals surface area (Å²) in [6.07, 6.45) is 0. The molecular weight excluding hydrogens is 366 g/mol. The Morgan fingerprint density at radius 1 is 0.545 bits per heavy atom. The van der Waals surface area contributed by atoms with Crippen LogP contribution in [0.4, 0.5) is 0 Å². The average Bonchev–Trinajstić information content (AvgIpc) is 2.34. The van der Waals surface area contributed by atoms with Crippen molar-refractivity contribution in [2.75, 3.05) is 40.3 Å². The highest BCUT2D eigenvalue weighted by Gasteiger charge is 2.20. The van der Waals surface area contributed by atoms with Gasteiger partial charge in [-0.2, -0.15) is 0 Å². The molecule has 0 aliphatic carbocycles. The number of likely N-dealkylation sites (N-methyl/N-ethyl adjacent to an activating group) is 2. The third-order valence-corrected chi connectivity index (χ3v) is 4.54. The van der Waals surface area contributed by atoms with Gasteiger partial charge in [0.2, 0.25) is 0 Å². The third kappa shape index (κ3) is 9.99. The van der Waals surface area contributed by atoms with Gasteiger partial charge in [0.05, 0.1) is 0 Å². The van der Waals surface area contributed by atoms with E-state index in [1.165, 1.54) is 0 Å². The number of nitrogens with zero attached hydrogens (tertiary/aromatic N) is 2. The van der Waals surface area contributed by atoms with Gasteiger partial charge in [-0.3, -0.25) is 9.80 Å². The van der Waals surface area contributed by atoms with Crippen molar-refractivity contribution >= 4 is 49.6 Å². The zero-order chi connectivity index (χ0) is 13.7. The lowest BCUT2D eigenvalue weighted by molar-refractivity contribution is 0.152. The molecule has 8 heteroatoms. The normalized spacial score (nSPS) is 31.9. The molecule has 22 heavy (non-hydrogen) atoms. The fourth-order valence-corrected chi connectivity index (χ4v) is 2.45. The van der Waals surface area contributed by atoms with E-state index >= 15 is 0 Å². The minimum absolute atomic E-state index is 0. The molecule has 0 amide bonds. The van der Waals surface area contributed by atoms with Crippen molar-refractivity contribution in [2.45, 2.75) is 51.9 Å². The van der Waals surface area contributed by atoms with E-state index in [4.69, 9.17) is 0 Å². The lowest BCUT2D eigenvalue weighted by atomic mass is 10.1. The third-order valence-electron chi connectivity index (χ3n) is 4.54. The van der Waals surface area contributed by atoms with Crippen LogP contribution < -0.4 is 10.6 Å². The molecule has 0 radical (unpaired) electrons. The summed E-state index contributed by atoms with van der Waals surface area (Å²) in [5, 5.41) is 6.75. The zero-order valence-electron chi connectivity index (χ0n) is 14.7. The molecule has 2 rings (SSSR count). The van der Waals surface area contributed by atoms with Crippen LogP contribution in [-0.2, 0) is 0 Å². The summed E-state index contributed by atoms with van der Waals surface area (Å²) in [5.41, 5.74) is 0. The number of hydrogen-bond acceptors (Lipinski definition) is 4. The number of hydrogen-bond donors (Lipinski definition) is 2. The first kappa shape index (κ1) is 30.8. The summed E-state index contributed by atoms with van der Waals surface area (Å²) < 4.78 is 0. The van der Waals surface area contributed by atoms with E-state index in [0.717, 1.165) is 26.2 Å². The fourth-order valence-electron chi connectivity index (χ4n) is 2.45.